The number of β-amino-alcohol motifs (C(OH)–C–C–N with tert-alkyl or cyclic N) is 1. The van der Waals surface area contributed by atoms with Crippen LogP contribution in [0.25, 0.3) is 20.8 Å². The Morgan fingerprint density at radius 1 is 1.06 bits per heavy atom. The van der Waals surface area contributed by atoms with Gasteiger partial charge in [-0.25, -0.2) is 9.88 Å². The van der Waals surface area contributed by atoms with Crippen molar-refractivity contribution in [2.24, 2.45) is 0 Å². The number of aliphatic hydroxyl groups excluding tert-OH is 1. The highest BCUT2D eigenvalue weighted by molar-refractivity contribution is 7.21. The first-order chi connectivity index (χ1) is 15.5. The second-order valence-electron chi connectivity index (χ2n) is 8.43. The summed E-state index contributed by atoms with van der Waals surface area (Å²) in [6.45, 7) is 5.92. The lowest BCUT2D eigenvalue weighted by Gasteiger charge is -2.36. The molecule has 2 fully saturated rings. The zero-order valence-corrected chi connectivity index (χ0v) is 18.8. The first-order valence-electron chi connectivity index (χ1n) is 10.9. The summed E-state index contributed by atoms with van der Waals surface area (Å²) in [7, 11) is 0. The van der Waals surface area contributed by atoms with E-state index in [0.717, 1.165) is 47.0 Å². The van der Waals surface area contributed by atoms with Crippen molar-refractivity contribution in [2.45, 2.75) is 19.4 Å². The zero-order valence-electron chi connectivity index (χ0n) is 18.0. The van der Waals surface area contributed by atoms with Crippen molar-refractivity contribution < 1.29 is 14.7 Å². The number of benzene rings is 2. The molecule has 1 N–H and O–H groups in total. The summed E-state index contributed by atoms with van der Waals surface area (Å²) in [5.74, 6) is -0.296. The molecule has 0 unspecified atom stereocenters. The van der Waals surface area contributed by atoms with Gasteiger partial charge < -0.3 is 5.11 Å². The molecule has 3 aromatic rings. The fraction of sp³-hybridized carbons (Fsp3) is 0.375. The molecule has 8 heteroatoms. The topological polar surface area (TPSA) is 77.0 Å². The molecule has 2 aromatic carbocycles. The summed E-state index contributed by atoms with van der Waals surface area (Å²) in [6, 6.07) is 13.4. The molecule has 1 atom stereocenters. The quantitative estimate of drug-likeness (QED) is 0.602. The molecule has 32 heavy (non-hydrogen) atoms. The van der Waals surface area contributed by atoms with Gasteiger partial charge in [-0.05, 0) is 48.9 Å². The number of imide groups is 1. The number of anilines is 1. The third kappa shape index (κ3) is 3.95. The molecule has 2 aliphatic rings. The van der Waals surface area contributed by atoms with E-state index in [-0.39, 0.29) is 24.8 Å². The number of aryl methyl sites for hydroxylation is 1. The van der Waals surface area contributed by atoms with Crippen LogP contribution in [0.3, 0.4) is 0 Å². The predicted molar refractivity (Wildman–Crippen MR) is 126 cm³/mol. The van der Waals surface area contributed by atoms with Crippen molar-refractivity contribution in [1.29, 1.82) is 0 Å². The minimum atomic E-state index is -0.397. The fourth-order valence-corrected chi connectivity index (χ4v) is 5.59. The monoisotopic (exact) mass is 450 g/mol. The number of hydrogen-bond acceptors (Lipinski definition) is 7. The van der Waals surface area contributed by atoms with Gasteiger partial charge in [0.2, 0.25) is 5.91 Å². The number of nitrogens with zero attached hydrogens (tertiary/aromatic N) is 4. The van der Waals surface area contributed by atoms with E-state index in [1.165, 1.54) is 10.5 Å². The molecule has 2 saturated heterocycles. The lowest BCUT2D eigenvalue weighted by molar-refractivity contribution is -0.123. The van der Waals surface area contributed by atoms with Crippen LogP contribution in [0.4, 0.5) is 5.69 Å². The van der Waals surface area contributed by atoms with Crippen molar-refractivity contribution in [3.63, 3.8) is 0 Å². The number of aromatic nitrogens is 1. The first-order valence-corrected chi connectivity index (χ1v) is 11.8. The van der Waals surface area contributed by atoms with Gasteiger partial charge in [-0.2, -0.15) is 0 Å². The number of fused-ring (bicyclic) bond motifs is 1. The fourth-order valence-electron chi connectivity index (χ4n) is 4.52. The van der Waals surface area contributed by atoms with Gasteiger partial charge in [0.25, 0.3) is 5.91 Å². The number of rotatable bonds is 5. The molecule has 2 aliphatic heterocycles. The molecule has 166 valence electrons. The van der Waals surface area contributed by atoms with Gasteiger partial charge in [0.1, 0.15) is 5.01 Å². The molecule has 0 bridgehead atoms. The zero-order chi connectivity index (χ0) is 22.2. The maximum atomic E-state index is 13.1. The van der Waals surface area contributed by atoms with Gasteiger partial charge in [0, 0.05) is 38.3 Å². The normalized spacial score (nSPS) is 20.6. The summed E-state index contributed by atoms with van der Waals surface area (Å²) in [6.07, 6.45) is 0.220. The highest BCUT2D eigenvalue weighted by atomic mass is 32.1. The number of aliphatic hydroxyl groups is 1. The SMILES string of the molecule is Cc1ccc2nc(-c3ccc(N4C(=O)C[C@@H](N5CCN(CCO)CC5)C4=O)cc3)sc2c1. The van der Waals surface area contributed by atoms with E-state index in [4.69, 9.17) is 10.1 Å². The van der Waals surface area contributed by atoms with Crippen LogP contribution in [0.15, 0.2) is 42.5 Å². The van der Waals surface area contributed by atoms with Crippen LogP contribution in [0, 0.1) is 6.92 Å². The minimum Gasteiger partial charge on any atom is -0.395 e. The van der Waals surface area contributed by atoms with Crippen LogP contribution in [-0.2, 0) is 9.59 Å². The van der Waals surface area contributed by atoms with Crippen LogP contribution < -0.4 is 4.90 Å². The Morgan fingerprint density at radius 2 is 1.81 bits per heavy atom. The van der Waals surface area contributed by atoms with Crippen molar-refractivity contribution >= 4 is 39.1 Å². The van der Waals surface area contributed by atoms with Crippen LogP contribution in [0.2, 0.25) is 0 Å². The van der Waals surface area contributed by atoms with E-state index in [2.05, 4.69) is 28.9 Å². The average Bonchev–Trinajstić information content (AvgIpc) is 3.34. The van der Waals surface area contributed by atoms with Crippen molar-refractivity contribution in [2.75, 3.05) is 44.2 Å². The van der Waals surface area contributed by atoms with Gasteiger partial charge >= 0.3 is 0 Å². The Hall–Kier alpha value is -2.65. The molecule has 1 aromatic heterocycles. The molecule has 0 radical (unpaired) electrons. The van der Waals surface area contributed by atoms with E-state index in [0.29, 0.717) is 12.2 Å². The smallest absolute Gasteiger partial charge is 0.251 e. The molecule has 0 saturated carbocycles. The average molecular weight is 451 g/mol. The van der Waals surface area contributed by atoms with Crippen LogP contribution in [-0.4, -0.2) is 77.1 Å². The summed E-state index contributed by atoms with van der Waals surface area (Å²) < 4.78 is 1.15. The van der Waals surface area contributed by atoms with Gasteiger partial charge in [-0.3, -0.25) is 19.4 Å². The van der Waals surface area contributed by atoms with Crippen LogP contribution in [0.1, 0.15) is 12.0 Å². The van der Waals surface area contributed by atoms with Gasteiger partial charge in [0.05, 0.1) is 35.0 Å². The highest BCUT2D eigenvalue weighted by Gasteiger charge is 2.43. The van der Waals surface area contributed by atoms with Crippen LogP contribution in [0.5, 0.6) is 0 Å². The molecule has 0 spiro atoms. The predicted octanol–water partition coefficient (Wildman–Crippen LogP) is 2.51. The van der Waals surface area contributed by atoms with E-state index in [1.54, 1.807) is 11.3 Å². The van der Waals surface area contributed by atoms with Crippen LogP contribution >= 0.6 is 11.3 Å². The summed E-state index contributed by atoms with van der Waals surface area (Å²) >= 11 is 1.64. The highest BCUT2D eigenvalue weighted by Crippen LogP contribution is 2.33. The maximum absolute atomic E-state index is 13.1. The largest absolute Gasteiger partial charge is 0.395 e. The lowest BCUT2D eigenvalue weighted by Crippen LogP contribution is -2.52. The van der Waals surface area contributed by atoms with E-state index >= 15 is 0 Å². The maximum Gasteiger partial charge on any atom is 0.251 e. The molecule has 3 heterocycles. The molecule has 0 aliphatic carbocycles. The standard InChI is InChI=1S/C24H26N4O3S/c1-16-2-7-19-21(14-16)32-23(25-19)17-3-5-18(6-4-17)28-22(30)15-20(24(28)31)27-10-8-26(9-11-27)12-13-29/h2-7,14,20,29H,8-13,15H2,1H3/t20-/m1/s1. The van der Waals surface area contributed by atoms with Crippen molar-refractivity contribution in [3.05, 3.63) is 48.0 Å². The number of carbonyl (C=O) groups excluding carboxylic acids is 2. The number of amides is 2. The Kier molecular flexibility index (Phi) is 5.77. The second kappa shape index (κ2) is 8.71. The summed E-state index contributed by atoms with van der Waals surface area (Å²) in [5, 5.41) is 10.0. The Morgan fingerprint density at radius 3 is 2.53 bits per heavy atom. The third-order valence-electron chi connectivity index (χ3n) is 6.30. The molecular weight excluding hydrogens is 424 g/mol. The first kappa shape index (κ1) is 21.2. The number of hydrogen-bond donors (Lipinski definition) is 1. The summed E-state index contributed by atoms with van der Waals surface area (Å²) in [4.78, 5) is 36.2. The number of carbonyl (C=O) groups is 2. The van der Waals surface area contributed by atoms with Crippen molar-refractivity contribution in [3.8, 4) is 10.6 Å². The number of thiazole rings is 1. The second-order valence-corrected chi connectivity index (χ2v) is 9.46. The van der Waals surface area contributed by atoms with Crippen molar-refractivity contribution in [1.82, 2.24) is 14.8 Å². The lowest BCUT2D eigenvalue weighted by atomic mass is 10.1. The van der Waals surface area contributed by atoms with Gasteiger partial charge in [-0.15, -0.1) is 11.3 Å². The van der Waals surface area contributed by atoms with Gasteiger partial charge in [-0.1, -0.05) is 6.07 Å². The Labute approximate surface area is 190 Å². The van der Waals surface area contributed by atoms with E-state index in [9.17, 15) is 9.59 Å². The van der Waals surface area contributed by atoms with E-state index in [1.807, 2.05) is 30.3 Å². The Balaban J connectivity index is 1.31. The number of piperazine rings is 1. The third-order valence-corrected chi connectivity index (χ3v) is 7.37. The van der Waals surface area contributed by atoms with E-state index < -0.39 is 6.04 Å². The molecular formula is C24H26N4O3S. The van der Waals surface area contributed by atoms with Gasteiger partial charge in [0.15, 0.2) is 0 Å². The molecule has 5 rings (SSSR count). The molecule has 7 nitrogen and oxygen atoms in total. The Bertz CT molecular complexity index is 1150. The minimum absolute atomic E-state index is 0.140. The molecule has 2 amide bonds. The summed E-state index contributed by atoms with van der Waals surface area (Å²) in [5.41, 5.74) is 3.77.